The van der Waals surface area contributed by atoms with E-state index in [1.54, 1.807) is 24.3 Å². The monoisotopic (exact) mass is 501 g/mol. The number of hydrogen-bond acceptors (Lipinski definition) is 5. The molecule has 4 aromatic carbocycles. The second-order valence-corrected chi connectivity index (χ2v) is 8.27. The molecule has 0 aliphatic rings. The average molecular weight is 502 g/mol. The molecule has 2 amide bonds. The molecule has 0 heterocycles. The predicted molar refractivity (Wildman–Crippen MR) is 142 cm³/mol. The Bertz CT molecular complexity index is 1400. The Morgan fingerprint density at radius 1 is 0.889 bits per heavy atom. The van der Waals surface area contributed by atoms with E-state index in [4.69, 9.17) is 21.1 Å². The largest absolute Gasteiger partial charge is 0.495 e. The molecule has 0 fully saturated rings. The third kappa shape index (κ3) is 6.40. The smallest absolute Gasteiger partial charge is 0.249 e. The van der Waals surface area contributed by atoms with Crippen LogP contribution in [-0.2, 0) is 16.2 Å². The molecule has 0 spiro atoms. The molecule has 0 unspecified atom stereocenters. The lowest BCUT2D eigenvalue weighted by atomic mass is 10.0. The van der Waals surface area contributed by atoms with Crippen LogP contribution in [0.4, 0.5) is 5.69 Å². The summed E-state index contributed by atoms with van der Waals surface area (Å²) in [6.07, 6.45) is 1.13. The molecule has 2 N–H and O–H groups in total. The topological polar surface area (TPSA) is 89.0 Å². The molecule has 0 bridgehead atoms. The van der Waals surface area contributed by atoms with Crippen LogP contribution in [-0.4, -0.2) is 25.1 Å². The number of hydrazone groups is 1. The normalized spacial score (nSPS) is 10.8. The number of benzene rings is 4. The third-order valence-electron chi connectivity index (χ3n) is 5.32. The average Bonchev–Trinajstić information content (AvgIpc) is 2.89. The number of para-hydroxylation sites is 2. The van der Waals surface area contributed by atoms with Crippen molar-refractivity contribution < 1.29 is 19.1 Å². The zero-order chi connectivity index (χ0) is 25.3. The van der Waals surface area contributed by atoms with Gasteiger partial charge in [-0.3, -0.25) is 9.59 Å². The number of ether oxygens (including phenoxy) is 2. The van der Waals surface area contributed by atoms with Gasteiger partial charge in [0.05, 0.1) is 19.0 Å². The fourth-order valence-electron chi connectivity index (χ4n) is 3.57. The lowest BCUT2D eigenvalue weighted by molar-refractivity contribution is -0.126. The van der Waals surface area contributed by atoms with Crippen LogP contribution < -0.4 is 20.2 Å². The standard InChI is InChI=1S/C28H24ClN3O4/c1-35-26-9-5-4-8-24(26)31-27(33)16-28(34)32-30-17-23-22-7-3-2-6-20(22)12-15-25(23)36-18-19-10-13-21(29)14-11-19/h2-15,17H,16,18H2,1H3,(H,31,33)(H,32,34). The zero-order valence-corrected chi connectivity index (χ0v) is 20.3. The number of halogens is 1. The van der Waals surface area contributed by atoms with Gasteiger partial charge >= 0.3 is 0 Å². The second kappa shape index (κ2) is 11.9. The van der Waals surface area contributed by atoms with Crippen molar-refractivity contribution in [3.8, 4) is 11.5 Å². The molecule has 7 nitrogen and oxygen atoms in total. The number of amides is 2. The molecule has 36 heavy (non-hydrogen) atoms. The molecule has 0 atom stereocenters. The molecular weight excluding hydrogens is 478 g/mol. The van der Waals surface area contributed by atoms with Gasteiger partial charge < -0.3 is 14.8 Å². The molecule has 0 saturated heterocycles. The van der Waals surface area contributed by atoms with E-state index in [0.29, 0.717) is 34.4 Å². The van der Waals surface area contributed by atoms with Crippen LogP contribution in [0, 0.1) is 0 Å². The van der Waals surface area contributed by atoms with E-state index in [0.717, 1.165) is 16.3 Å². The van der Waals surface area contributed by atoms with E-state index in [2.05, 4.69) is 15.8 Å². The fraction of sp³-hybridized carbons (Fsp3) is 0.107. The van der Waals surface area contributed by atoms with Crippen LogP contribution in [0.25, 0.3) is 10.8 Å². The Morgan fingerprint density at radius 3 is 2.44 bits per heavy atom. The Kier molecular flexibility index (Phi) is 8.16. The van der Waals surface area contributed by atoms with Gasteiger partial charge in [-0.1, -0.05) is 66.2 Å². The van der Waals surface area contributed by atoms with Crippen molar-refractivity contribution >= 4 is 46.1 Å². The summed E-state index contributed by atoms with van der Waals surface area (Å²) in [6, 6.07) is 26.0. The highest BCUT2D eigenvalue weighted by Crippen LogP contribution is 2.28. The summed E-state index contributed by atoms with van der Waals surface area (Å²) in [4.78, 5) is 24.6. The van der Waals surface area contributed by atoms with E-state index in [-0.39, 0.29) is 0 Å². The van der Waals surface area contributed by atoms with E-state index in [9.17, 15) is 9.59 Å². The minimum absolute atomic E-state index is 0.339. The number of fused-ring (bicyclic) bond motifs is 1. The summed E-state index contributed by atoms with van der Waals surface area (Å²) in [6.45, 7) is 0.339. The number of anilines is 1. The van der Waals surface area contributed by atoms with Gasteiger partial charge in [0.15, 0.2) is 0 Å². The molecule has 4 rings (SSSR count). The minimum Gasteiger partial charge on any atom is -0.495 e. The molecule has 182 valence electrons. The van der Waals surface area contributed by atoms with Gasteiger partial charge in [0.25, 0.3) is 0 Å². The maximum Gasteiger partial charge on any atom is 0.249 e. The predicted octanol–water partition coefficient (Wildman–Crippen LogP) is 5.56. The lowest BCUT2D eigenvalue weighted by Crippen LogP contribution is -2.24. The highest BCUT2D eigenvalue weighted by atomic mass is 35.5. The van der Waals surface area contributed by atoms with Crippen molar-refractivity contribution in [1.29, 1.82) is 0 Å². The number of carbonyl (C=O) groups excluding carboxylic acids is 2. The van der Waals surface area contributed by atoms with Crippen molar-refractivity contribution in [3.63, 3.8) is 0 Å². The minimum atomic E-state index is -0.553. The number of methoxy groups -OCH3 is 1. The van der Waals surface area contributed by atoms with Crippen LogP contribution in [0.5, 0.6) is 11.5 Å². The van der Waals surface area contributed by atoms with Crippen molar-refractivity contribution in [2.75, 3.05) is 12.4 Å². The van der Waals surface area contributed by atoms with Gasteiger partial charge in [-0.15, -0.1) is 0 Å². The van der Waals surface area contributed by atoms with Crippen LogP contribution in [0.1, 0.15) is 17.5 Å². The van der Waals surface area contributed by atoms with E-state index < -0.39 is 18.2 Å². The fourth-order valence-corrected chi connectivity index (χ4v) is 3.70. The zero-order valence-electron chi connectivity index (χ0n) is 19.5. The maximum atomic E-state index is 12.3. The molecule has 0 aliphatic heterocycles. The molecular formula is C28H24ClN3O4. The molecule has 0 aliphatic carbocycles. The quantitative estimate of drug-likeness (QED) is 0.178. The number of carbonyl (C=O) groups is 2. The van der Waals surface area contributed by atoms with Crippen LogP contribution in [0.2, 0.25) is 5.02 Å². The maximum absolute atomic E-state index is 12.3. The molecule has 0 radical (unpaired) electrons. The highest BCUT2D eigenvalue weighted by Gasteiger charge is 2.12. The molecule has 0 aromatic heterocycles. The lowest BCUT2D eigenvalue weighted by Gasteiger charge is -2.12. The van der Waals surface area contributed by atoms with Crippen molar-refractivity contribution in [2.45, 2.75) is 13.0 Å². The number of nitrogens with one attached hydrogen (secondary N) is 2. The highest BCUT2D eigenvalue weighted by molar-refractivity contribution is 6.30. The van der Waals surface area contributed by atoms with Crippen molar-refractivity contribution in [1.82, 2.24) is 5.43 Å². The summed E-state index contributed by atoms with van der Waals surface area (Å²) in [5.74, 6) is 0.0776. The second-order valence-electron chi connectivity index (χ2n) is 7.83. The summed E-state index contributed by atoms with van der Waals surface area (Å²) >= 11 is 5.96. The molecule has 4 aromatic rings. The van der Waals surface area contributed by atoms with Gasteiger partial charge in [-0.2, -0.15) is 5.10 Å². The van der Waals surface area contributed by atoms with E-state index in [1.165, 1.54) is 13.3 Å². The molecule has 0 saturated carbocycles. The van der Waals surface area contributed by atoms with E-state index >= 15 is 0 Å². The Balaban J connectivity index is 1.44. The van der Waals surface area contributed by atoms with Crippen molar-refractivity contribution in [2.24, 2.45) is 5.10 Å². The number of rotatable bonds is 9. The number of hydrogen-bond donors (Lipinski definition) is 2. The Labute approximate surface area is 213 Å². The third-order valence-corrected chi connectivity index (χ3v) is 5.58. The Hall–Kier alpha value is -4.36. The van der Waals surface area contributed by atoms with Gasteiger partial charge in [0.1, 0.15) is 24.5 Å². The first-order chi connectivity index (χ1) is 17.5. The SMILES string of the molecule is COc1ccccc1NC(=O)CC(=O)NN=Cc1c(OCc2ccc(Cl)cc2)ccc2ccccc12. The molecule has 8 heteroatoms. The number of nitrogens with zero attached hydrogens (tertiary/aromatic N) is 1. The van der Waals surface area contributed by atoms with Gasteiger partial charge in [0.2, 0.25) is 11.8 Å². The van der Waals surface area contributed by atoms with Gasteiger partial charge in [-0.25, -0.2) is 5.43 Å². The van der Waals surface area contributed by atoms with Crippen LogP contribution in [0.3, 0.4) is 0 Å². The Morgan fingerprint density at radius 2 is 1.64 bits per heavy atom. The van der Waals surface area contributed by atoms with Crippen LogP contribution >= 0.6 is 11.6 Å². The van der Waals surface area contributed by atoms with E-state index in [1.807, 2.05) is 60.7 Å². The van der Waals surface area contributed by atoms with Gasteiger partial charge in [0, 0.05) is 10.6 Å². The first-order valence-corrected chi connectivity index (χ1v) is 11.5. The summed E-state index contributed by atoms with van der Waals surface area (Å²) in [5.41, 5.74) is 4.57. The summed E-state index contributed by atoms with van der Waals surface area (Å²) < 4.78 is 11.3. The van der Waals surface area contributed by atoms with Crippen LogP contribution in [0.15, 0.2) is 90.0 Å². The first kappa shape index (κ1) is 24.8. The summed E-state index contributed by atoms with van der Waals surface area (Å²) in [7, 11) is 1.51. The van der Waals surface area contributed by atoms with Gasteiger partial charge in [-0.05, 0) is 46.7 Å². The first-order valence-electron chi connectivity index (χ1n) is 11.2. The van der Waals surface area contributed by atoms with Crippen molar-refractivity contribution in [3.05, 3.63) is 101 Å². The summed E-state index contributed by atoms with van der Waals surface area (Å²) in [5, 5.41) is 9.32.